The van der Waals surface area contributed by atoms with Crippen molar-refractivity contribution in [3.8, 4) is 0 Å². The molecule has 0 spiro atoms. The summed E-state index contributed by atoms with van der Waals surface area (Å²) < 4.78 is 5.14. The molecule has 1 aromatic rings. The fourth-order valence-corrected chi connectivity index (χ4v) is 10.6. The first-order chi connectivity index (χ1) is 12.2. The largest absolute Gasteiger partial charge is 0.147 e. The standard InChI is InChI=1S/C20H21S2.C3H6.2ClH.Zr/c1-11-8-15-16(21-11)10-17-19(15)18(12(2)22-17)13-6-7-14(9-13)20(3,4)5;1-3-2;;;/h7-9,17H,6H2,1-5H3;1-2H3;2*1H;. The molecular weight excluding hydrogens is 503 g/mol. The van der Waals surface area contributed by atoms with Crippen LogP contribution in [-0.4, -0.2) is 8.46 Å². The summed E-state index contributed by atoms with van der Waals surface area (Å²) in [6.07, 6.45) is 6.04. The van der Waals surface area contributed by atoms with Gasteiger partial charge in [0.15, 0.2) is 0 Å². The summed E-state index contributed by atoms with van der Waals surface area (Å²) in [5.74, 6) is 0. The average Bonchev–Trinajstić information content (AvgIpc) is 3.22. The van der Waals surface area contributed by atoms with Crippen molar-refractivity contribution >= 4 is 60.0 Å². The molecule has 0 saturated carbocycles. The Labute approximate surface area is 201 Å². The van der Waals surface area contributed by atoms with E-state index in [9.17, 15) is 0 Å². The molecule has 0 fully saturated rings. The number of hydrogen-bond donors (Lipinski definition) is 0. The van der Waals surface area contributed by atoms with Crippen LogP contribution in [0.15, 0.2) is 39.8 Å². The molecule has 0 N–H and O–H groups in total. The van der Waals surface area contributed by atoms with E-state index in [4.69, 9.17) is 0 Å². The Bertz CT molecular complexity index is 1060. The van der Waals surface area contributed by atoms with Crippen molar-refractivity contribution in [2.45, 2.75) is 60.1 Å². The van der Waals surface area contributed by atoms with E-state index in [0.29, 0.717) is 5.25 Å². The number of halogens is 2. The van der Waals surface area contributed by atoms with Crippen LogP contribution < -0.4 is 9.75 Å². The van der Waals surface area contributed by atoms with Crippen molar-refractivity contribution in [1.29, 1.82) is 0 Å². The van der Waals surface area contributed by atoms with Crippen LogP contribution in [0.2, 0.25) is 0 Å². The maximum Gasteiger partial charge on any atom is -0.147 e. The van der Waals surface area contributed by atoms with Crippen LogP contribution in [0, 0.1) is 12.3 Å². The van der Waals surface area contributed by atoms with Gasteiger partial charge in [0.1, 0.15) is 0 Å². The van der Waals surface area contributed by atoms with Crippen molar-refractivity contribution in [3.05, 3.63) is 54.5 Å². The van der Waals surface area contributed by atoms with Crippen LogP contribution in [0.3, 0.4) is 0 Å². The fraction of sp³-hybridized carbons (Fsp3) is 0.435. The third-order valence-electron chi connectivity index (χ3n) is 5.27. The predicted octanol–water partition coefficient (Wildman–Crippen LogP) is 6.16. The molecule has 1 unspecified atom stereocenters. The molecule has 151 valence electrons. The number of allylic oxidation sites excluding steroid dienone is 6. The zero-order valence-corrected chi connectivity index (χ0v) is 23.4. The monoisotopic (exact) mass is 529 g/mol. The molecule has 1 aliphatic heterocycles. The summed E-state index contributed by atoms with van der Waals surface area (Å²) in [5, 5.41) is 2.19. The summed E-state index contributed by atoms with van der Waals surface area (Å²) in [6.45, 7) is 16.3. The van der Waals surface area contributed by atoms with Crippen molar-refractivity contribution in [1.82, 2.24) is 0 Å². The second-order valence-corrected chi connectivity index (χ2v) is 15.7. The molecule has 0 saturated heterocycles. The number of thiophene rings is 1. The third kappa shape index (κ3) is 4.22. The van der Waals surface area contributed by atoms with E-state index in [-0.39, 0.29) is 30.2 Å². The Balaban J connectivity index is 0.00000140. The van der Waals surface area contributed by atoms with Crippen LogP contribution in [0.1, 0.15) is 52.8 Å². The zero-order chi connectivity index (χ0) is 18.8. The SMILES string of the molecule is C[C](C)=[Zr][C]1=c2sc(C)cc2=C2C(C3=CC(C(C)(C)C)=CC3)=C(C)SC21.Cl.Cl. The smallest absolute Gasteiger partial charge is 0.147 e. The van der Waals surface area contributed by atoms with Crippen LogP contribution in [0.4, 0.5) is 0 Å². The summed E-state index contributed by atoms with van der Waals surface area (Å²) in [7, 11) is 0. The van der Waals surface area contributed by atoms with E-state index >= 15 is 0 Å². The maximum absolute atomic E-state index is 2.49. The first-order valence-electron chi connectivity index (χ1n) is 9.38. The first kappa shape index (κ1) is 24.6. The molecular formula is C23H29Cl2S2Zr. The molecule has 1 atom stereocenters. The summed E-state index contributed by atoms with van der Waals surface area (Å²) in [6, 6.07) is 2.46. The summed E-state index contributed by atoms with van der Waals surface area (Å²) >= 11 is 3.57. The number of rotatable bonds is 2. The maximum atomic E-state index is 2.49. The van der Waals surface area contributed by atoms with Crippen molar-refractivity contribution in [2.75, 3.05) is 0 Å². The minimum atomic E-state index is -0.597. The molecule has 5 heteroatoms. The predicted molar refractivity (Wildman–Crippen MR) is 130 cm³/mol. The Hall–Kier alpha value is 0.343. The van der Waals surface area contributed by atoms with Gasteiger partial charge in [0.05, 0.1) is 0 Å². The van der Waals surface area contributed by atoms with Crippen LogP contribution in [0.25, 0.3) is 8.85 Å². The first-order valence-corrected chi connectivity index (χ1v) is 13.5. The van der Waals surface area contributed by atoms with Gasteiger partial charge in [0, 0.05) is 0 Å². The van der Waals surface area contributed by atoms with Gasteiger partial charge >= 0.3 is 178 Å². The van der Waals surface area contributed by atoms with Gasteiger partial charge in [-0.15, -0.1) is 24.8 Å². The molecule has 1 aromatic heterocycles. The Morgan fingerprint density at radius 2 is 1.82 bits per heavy atom. The van der Waals surface area contributed by atoms with Gasteiger partial charge in [-0.3, -0.25) is 0 Å². The van der Waals surface area contributed by atoms with Gasteiger partial charge in [-0.1, -0.05) is 0 Å². The van der Waals surface area contributed by atoms with Gasteiger partial charge in [-0.25, -0.2) is 0 Å². The molecule has 0 radical (unpaired) electrons. The van der Waals surface area contributed by atoms with Gasteiger partial charge in [0.25, 0.3) is 0 Å². The molecule has 4 rings (SSSR count). The van der Waals surface area contributed by atoms with Gasteiger partial charge < -0.3 is 0 Å². The van der Waals surface area contributed by atoms with Gasteiger partial charge in [-0.2, -0.15) is 0 Å². The van der Waals surface area contributed by atoms with Crippen molar-refractivity contribution in [3.63, 3.8) is 0 Å². The molecule has 0 bridgehead atoms. The Morgan fingerprint density at radius 3 is 2.39 bits per heavy atom. The molecule has 0 nitrogen and oxygen atoms in total. The fourth-order valence-electron chi connectivity index (χ4n) is 4.14. The van der Waals surface area contributed by atoms with E-state index < -0.39 is 22.8 Å². The molecule has 0 aromatic carbocycles. The summed E-state index contributed by atoms with van der Waals surface area (Å²) in [5.41, 5.74) is 6.53. The van der Waals surface area contributed by atoms with E-state index in [0.717, 1.165) is 6.42 Å². The van der Waals surface area contributed by atoms with Crippen LogP contribution in [0.5, 0.6) is 0 Å². The second-order valence-electron chi connectivity index (χ2n) is 8.76. The molecule has 3 aliphatic rings. The Morgan fingerprint density at radius 1 is 1.14 bits per heavy atom. The van der Waals surface area contributed by atoms with Gasteiger partial charge in [-0.05, 0) is 0 Å². The van der Waals surface area contributed by atoms with E-state index in [2.05, 4.69) is 78.4 Å². The van der Waals surface area contributed by atoms with Gasteiger partial charge in [0.2, 0.25) is 0 Å². The van der Waals surface area contributed by atoms with Crippen molar-refractivity contribution < 1.29 is 22.8 Å². The van der Waals surface area contributed by atoms with E-state index in [1.54, 1.807) is 34.6 Å². The van der Waals surface area contributed by atoms with Crippen molar-refractivity contribution in [2.24, 2.45) is 5.41 Å². The summed E-state index contributed by atoms with van der Waals surface area (Å²) in [4.78, 5) is 3.01. The quantitative estimate of drug-likeness (QED) is 0.441. The van der Waals surface area contributed by atoms with Crippen LogP contribution >= 0.6 is 47.9 Å². The second kappa shape index (κ2) is 8.84. The zero-order valence-electron chi connectivity index (χ0n) is 17.6. The number of thioether (sulfide) groups is 1. The number of aryl methyl sites for hydroxylation is 1. The van der Waals surface area contributed by atoms with Crippen LogP contribution in [-0.2, 0) is 22.8 Å². The molecule has 28 heavy (non-hydrogen) atoms. The van der Waals surface area contributed by atoms with E-state index in [1.807, 2.05) is 14.6 Å². The number of hydrogen-bond acceptors (Lipinski definition) is 2. The third-order valence-corrected chi connectivity index (χ3v) is 11.8. The minimum Gasteiger partial charge on any atom is -0.147 e. The average molecular weight is 532 g/mol. The normalized spacial score (nSPS) is 20.2. The number of fused-ring (bicyclic) bond motifs is 2. The molecule has 2 aliphatic carbocycles. The Kier molecular flexibility index (Phi) is 7.77. The molecule has 0 amide bonds. The minimum absolute atomic E-state index is 0. The van der Waals surface area contributed by atoms with E-state index in [1.165, 1.54) is 10.5 Å². The molecule has 2 heterocycles. The topological polar surface area (TPSA) is 0 Å².